The van der Waals surface area contributed by atoms with Crippen LogP contribution >= 0.6 is 23.2 Å². The van der Waals surface area contributed by atoms with Crippen molar-refractivity contribution in [2.75, 3.05) is 14.2 Å². The van der Waals surface area contributed by atoms with Gasteiger partial charge < -0.3 is 15.0 Å². The van der Waals surface area contributed by atoms with Crippen LogP contribution in [0.3, 0.4) is 0 Å². The molecule has 1 N–H and O–H groups in total. The number of likely N-dealkylation sites (N-methyl/N-ethyl adjacent to an activating group) is 1. The Balaban J connectivity index is 1.97. The molecule has 0 aliphatic carbocycles. The third-order valence-corrected chi connectivity index (χ3v) is 5.95. The van der Waals surface area contributed by atoms with Gasteiger partial charge in [-0.25, -0.2) is 0 Å². The van der Waals surface area contributed by atoms with Crippen LogP contribution in [0.4, 0.5) is 0 Å². The lowest BCUT2D eigenvalue weighted by Gasteiger charge is -2.31. The summed E-state index contributed by atoms with van der Waals surface area (Å²) in [6, 6.07) is 21.4. The van der Waals surface area contributed by atoms with Gasteiger partial charge in [0.15, 0.2) is 0 Å². The van der Waals surface area contributed by atoms with Gasteiger partial charge in [0, 0.05) is 30.1 Å². The monoisotopic (exact) mass is 484 g/mol. The zero-order chi connectivity index (χ0) is 23.8. The van der Waals surface area contributed by atoms with Crippen molar-refractivity contribution in [2.45, 2.75) is 25.4 Å². The molecule has 1 atom stereocenters. The largest absolute Gasteiger partial charge is 0.497 e. The topological polar surface area (TPSA) is 58.6 Å². The molecule has 7 heteroatoms. The van der Waals surface area contributed by atoms with Crippen LogP contribution in [0.5, 0.6) is 5.75 Å². The molecule has 0 aliphatic heterocycles. The van der Waals surface area contributed by atoms with Gasteiger partial charge in [-0.2, -0.15) is 0 Å². The van der Waals surface area contributed by atoms with Crippen LogP contribution in [0.1, 0.15) is 16.7 Å². The Kier molecular flexibility index (Phi) is 8.75. The number of nitrogens with zero attached hydrogens (tertiary/aromatic N) is 1. The van der Waals surface area contributed by atoms with E-state index in [4.69, 9.17) is 27.9 Å². The molecular weight excluding hydrogens is 459 g/mol. The Morgan fingerprint density at radius 2 is 1.70 bits per heavy atom. The number of carbonyl (C=O) groups is 2. The molecule has 0 aromatic heterocycles. The molecule has 0 unspecified atom stereocenters. The van der Waals surface area contributed by atoms with E-state index >= 15 is 0 Å². The van der Waals surface area contributed by atoms with Crippen molar-refractivity contribution in [3.05, 3.63) is 99.5 Å². The van der Waals surface area contributed by atoms with Crippen LogP contribution < -0.4 is 10.1 Å². The molecule has 3 rings (SSSR count). The molecular formula is C26H26Cl2N2O3. The van der Waals surface area contributed by atoms with E-state index in [0.29, 0.717) is 27.8 Å². The summed E-state index contributed by atoms with van der Waals surface area (Å²) >= 11 is 12.3. The number of nitrogens with one attached hydrogen (secondary N) is 1. The first-order chi connectivity index (χ1) is 15.9. The van der Waals surface area contributed by atoms with E-state index < -0.39 is 6.04 Å². The lowest BCUT2D eigenvalue weighted by Crippen LogP contribution is -2.50. The average Bonchev–Trinajstić information content (AvgIpc) is 2.83. The quantitative estimate of drug-likeness (QED) is 0.468. The van der Waals surface area contributed by atoms with Crippen molar-refractivity contribution in [1.82, 2.24) is 10.2 Å². The average molecular weight is 485 g/mol. The van der Waals surface area contributed by atoms with Crippen molar-refractivity contribution in [2.24, 2.45) is 0 Å². The lowest BCUT2D eigenvalue weighted by atomic mass is 10.0. The summed E-state index contributed by atoms with van der Waals surface area (Å²) in [5, 5.41) is 3.62. The molecule has 2 amide bonds. The second-order valence-corrected chi connectivity index (χ2v) is 8.45. The van der Waals surface area contributed by atoms with E-state index in [9.17, 15) is 9.59 Å². The van der Waals surface area contributed by atoms with Gasteiger partial charge >= 0.3 is 0 Å². The van der Waals surface area contributed by atoms with Gasteiger partial charge in [0.1, 0.15) is 11.8 Å². The van der Waals surface area contributed by atoms with E-state index in [0.717, 1.165) is 11.1 Å². The molecule has 0 saturated heterocycles. The molecule has 33 heavy (non-hydrogen) atoms. The molecule has 0 aliphatic rings. The lowest BCUT2D eigenvalue weighted by molar-refractivity contribution is -0.140. The summed E-state index contributed by atoms with van der Waals surface area (Å²) in [5.74, 6) is 0.226. The van der Waals surface area contributed by atoms with Crippen molar-refractivity contribution in [3.63, 3.8) is 0 Å². The third-order valence-electron chi connectivity index (χ3n) is 5.36. The van der Waals surface area contributed by atoms with Gasteiger partial charge in [0.25, 0.3) is 0 Å². The summed E-state index contributed by atoms with van der Waals surface area (Å²) < 4.78 is 5.33. The van der Waals surface area contributed by atoms with E-state index in [1.165, 1.54) is 0 Å². The van der Waals surface area contributed by atoms with Crippen LogP contribution in [-0.2, 0) is 29.0 Å². The van der Waals surface area contributed by atoms with Crippen LogP contribution in [0.25, 0.3) is 0 Å². The first-order valence-corrected chi connectivity index (χ1v) is 11.3. The predicted molar refractivity (Wildman–Crippen MR) is 132 cm³/mol. The SMILES string of the molecule is CNC(=O)[C@@H](Cc1ccccc1)N(Cc1cccc(OC)c1)C(=O)Cc1ccc(Cl)cc1Cl. The minimum atomic E-state index is -0.706. The van der Waals surface area contributed by atoms with E-state index in [2.05, 4.69) is 5.32 Å². The standard InChI is InChI=1S/C26H26Cl2N2O3/c1-29-26(32)24(14-18-7-4-3-5-8-18)30(17-19-9-6-10-22(13-19)33-2)25(31)15-20-11-12-21(27)16-23(20)28/h3-13,16,24H,14-15,17H2,1-2H3,(H,29,32)/t24-/m1/s1. The Labute approximate surface area is 204 Å². The maximum Gasteiger partial charge on any atom is 0.242 e. The maximum atomic E-state index is 13.6. The predicted octanol–water partition coefficient (Wildman–Crippen LogP) is 4.93. The highest BCUT2D eigenvalue weighted by Gasteiger charge is 2.30. The Morgan fingerprint density at radius 3 is 2.36 bits per heavy atom. The van der Waals surface area contributed by atoms with Crippen molar-refractivity contribution >= 4 is 35.0 Å². The number of benzene rings is 3. The molecule has 172 valence electrons. The molecule has 0 spiro atoms. The van der Waals surface area contributed by atoms with Crippen LogP contribution in [0, 0.1) is 0 Å². The zero-order valence-electron chi connectivity index (χ0n) is 18.6. The molecule has 0 fully saturated rings. The summed E-state index contributed by atoms with van der Waals surface area (Å²) in [5.41, 5.74) is 2.46. The first-order valence-electron chi connectivity index (χ1n) is 10.5. The molecule has 3 aromatic rings. The summed E-state index contributed by atoms with van der Waals surface area (Å²) in [6.45, 7) is 0.242. The van der Waals surface area contributed by atoms with Gasteiger partial charge in [-0.1, -0.05) is 71.7 Å². The van der Waals surface area contributed by atoms with E-state index in [1.54, 1.807) is 37.3 Å². The fourth-order valence-electron chi connectivity index (χ4n) is 3.62. The zero-order valence-corrected chi connectivity index (χ0v) is 20.1. The number of methoxy groups -OCH3 is 1. The normalized spacial score (nSPS) is 11.5. The summed E-state index contributed by atoms with van der Waals surface area (Å²) in [4.78, 5) is 28.2. The summed E-state index contributed by atoms with van der Waals surface area (Å²) in [7, 11) is 3.16. The third kappa shape index (κ3) is 6.73. The Morgan fingerprint density at radius 1 is 0.970 bits per heavy atom. The smallest absolute Gasteiger partial charge is 0.242 e. The minimum Gasteiger partial charge on any atom is -0.497 e. The number of rotatable bonds is 9. The van der Waals surface area contributed by atoms with Crippen LogP contribution in [0.15, 0.2) is 72.8 Å². The number of ether oxygens (including phenoxy) is 1. The van der Waals surface area contributed by atoms with Gasteiger partial charge in [-0.15, -0.1) is 0 Å². The van der Waals surface area contributed by atoms with Crippen molar-refractivity contribution in [3.8, 4) is 5.75 Å². The Bertz CT molecular complexity index is 1110. The fourth-order valence-corrected chi connectivity index (χ4v) is 4.09. The van der Waals surface area contributed by atoms with Crippen LogP contribution in [-0.4, -0.2) is 36.9 Å². The van der Waals surface area contributed by atoms with Gasteiger partial charge in [0.2, 0.25) is 11.8 Å². The highest BCUT2D eigenvalue weighted by molar-refractivity contribution is 6.35. The van der Waals surface area contributed by atoms with Gasteiger partial charge in [-0.05, 0) is 41.0 Å². The van der Waals surface area contributed by atoms with Gasteiger partial charge in [0.05, 0.1) is 13.5 Å². The second kappa shape index (κ2) is 11.7. The highest BCUT2D eigenvalue weighted by Crippen LogP contribution is 2.24. The second-order valence-electron chi connectivity index (χ2n) is 7.61. The number of hydrogen-bond acceptors (Lipinski definition) is 3. The minimum absolute atomic E-state index is 0.0439. The number of halogens is 2. The van der Waals surface area contributed by atoms with Crippen LogP contribution in [0.2, 0.25) is 10.0 Å². The molecule has 0 bridgehead atoms. The van der Waals surface area contributed by atoms with E-state index in [-0.39, 0.29) is 24.8 Å². The maximum absolute atomic E-state index is 13.6. The molecule has 3 aromatic carbocycles. The number of hydrogen-bond donors (Lipinski definition) is 1. The highest BCUT2D eigenvalue weighted by atomic mass is 35.5. The van der Waals surface area contributed by atoms with E-state index in [1.807, 2.05) is 54.6 Å². The molecule has 0 heterocycles. The first kappa shape index (κ1) is 24.6. The Hall–Kier alpha value is -3.02. The fraction of sp³-hybridized carbons (Fsp3) is 0.231. The number of carbonyl (C=O) groups excluding carboxylic acids is 2. The van der Waals surface area contributed by atoms with Crippen molar-refractivity contribution in [1.29, 1.82) is 0 Å². The molecule has 0 saturated carbocycles. The number of amides is 2. The molecule has 0 radical (unpaired) electrons. The van der Waals surface area contributed by atoms with Gasteiger partial charge in [-0.3, -0.25) is 9.59 Å². The summed E-state index contributed by atoms with van der Waals surface area (Å²) in [6.07, 6.45) is 0.423. The molecule has 5 nitrogen and oxygen atoms in total. The van der Waals surface area contributed by atoms with Crippen molar-refractivity contribution < 1.29 is 14.3 Å².